The fourth-order valence-electron chi connectivity index (χ4n) is 2.47. The van der Waals surface area contributed by atoms with Crippen LogP contribution in [0.1, 0.15) is 31.9 Å². The van der Waals surface area contributed by atoms with E-state index < -0.39 is 6.10 Å². The number of aliphatic hydroxyl groups is 1. The summed E-state index contributed by atoms with van der Waals surface area (Å²) in [4.78, 5) is 0. The minimum absolute atomic E-state index is 0.148. The highest BCUT2D eigenvalue weighted by molar-refractivity contribution is 5.30. The van der Waals surface area contributed by atoms with Crippen molar-refractivity contribution in [1.29, 1.82) is 0 Å². The molecule has 1 fully saturated rings. The zero-order valence-corrected chi connectivity index (χ0v) is 11.6. The van der Waals surface area contributed by atoms with E-state index in [1.165, 1.54) is 0 Å². The van der Waals surface area contributed by atoms with Gasteiger partial charge in [-0.15, -0.1) is 0 Å². The summed E-state index contributed by atoms with van der Waals surface area (Å²) in [5.41, 5.74) is 6.36. The number of nitrogens with two attached hydrogens (primary N) is 1. The predicted octanol–water partition coefficient (Wildman–Crippen LogP) is 1.87. The first-order valence-electron chi connectivity index (χ1n) is 6.80. The Balaban J connectivity index is 2.12. The van der Waals surface area contributed by atoms with E-state index in [0.717, 1.165) is 17.7 Å². The van der Waals surface area contributed by atoms with Crippen molar-refractivity contribution in [3.05, 3.63) is 29.8 Å². The van der Waals surface area contributed by atoms with Gasteiger partial charge in [-0.05, 0) is 38.0 Å². The van der Waals surface area contributed by atoms with Crippen LogP contribution in [0.5, 0.6) is 5.75 Å². The molecular formula is C15H23NO3. The maximum absolute atomic E-state index is 10.5. The van der Waals surface area contributed by atoms with Gasteiger partial charge in [0.15, 0.2) is 0 Å². The molecule has 2 atom stereocenters. The second kappa shape index (κ2) is 5.90. The molecule has 3 N–H and O–H groups in total. The molecule has 1 aliphatic rings. The van der Waals surface area contributed by atoms with Crippen molar-refractivity contribution in [2.24, 2.45) is 11.1 Å². The minimum Gasteiger partial charge on any atom is -0.491 e. The third kappa shape index (κ3) is 3.08. The summed E-state index contributed by atoms with van der Waals surface area (Å²) >= 11 is 0. The second-order valence-corrected chi connectivity index (χ2v) is 5.51. The van der Waals surface area contributed by atoms with E-state index >= 15 is 0 Å². The van der Waals surface area contributed by atoms with Crippen LogP contribution in [-0.2, 0) is 4.74 Å². The van der Waals surface area contributed by atoms with Gasteiger partial charge in [-0.3, -0.25) is 0 Å². The molecule has 106 valence electrons. The molecule has 4 nitrogen and oxygen atoms in total. The molecule has 2 unspecified atom stereocenters. The van der Waals surface area contributed by atoms with Crippen LogP contribution >= 0.6 is 0 Å². The van der Waals surface area contributed by atoms with Gasteiger partial charge >= 0.3 is 0 Å². The van der Waals surface area contributed by atoms with E-state index in [1.54, 1.807) is 0 Å². The van der Waals surface area contributed by atoms with E-state index in [4.69, 9.17) is 15.2 Å². The van der Waals surface area contributed by atoms with Crippen molar-refractivity contribution in [2.75, 3.05) is 19.8 Å². The molecule has 1 saturated heterocycles. The molecular weight excluding hydrogens is 242 g/mol. The highest BCUT2D eigenvalue weighted by atomic mass is 16.5. The summed E-state index contributed by atoms with van der Waals surface area (Å²) in [6.45, 7) is 5.60. The zero-order valence-electron chi connectivity index (χ0n) is 11.6. The molecule has 0 bridgehead atoms. The lowest BCUT2D eigenvalue weighted by Crippen LogP contribution is -2.37. The van der Waals surface area contributed by atoms with Gasteiger partial charge in [-0.1, -0.05) is 12.1 Å². The van der Waals surface area contributed by atoms with Gasteiger partial charge in [0, 0.05) is 18.6 Å². The van der Waals surface area contributed by atoms with E-state index in [1.807, 2.05) is 38.1 Å². The monoisotopic (exact) mass is 265 g/mol. The minimum atomic E-state index is -0.590. The van der Waals surface area contributed by atoms with Crippen LogP contribution in [0.2, 0.25) is 0 Å². The van der Waals surface area contributed by atoms with Gasteiger partial charge in [0.2, 0.25) is 0 Å². The first kappa shape index (κ1) is 14.3. The molecule has 0 aromatic heterocycles. The molecule has 1 heterocycles. The average Bonchev–Trinajstić information content (AvgIpc) is 2.88. The third-order valence-electron chi connectivity index (χ3n) is 3.69. The van der Waals surface area contributed by atoms with Crippen LogP contribution in [0.25, 0.3) is 0 Å². The number of hydrogen-bond acceptors (Lipinski definition) is 4. The number of hydrogen-bond donors (Lipinski definition) is 2. The maximum Gasteiger partial charge on any atom is 0.119 e. The highest BCUT2D eigenvalue weighted by Gasteiger charge is 2.41. The lowest BCUT2D eigenvalue weighted by atomic mass is 9.78. The van der Waals surface area contributed by atoms with Crippen molar-refractivity contribution in [1.82, 2.24) is 0 Å². The largest absolute Gasteiger partial charge is 0.491 e. The Kier molecular flexibility index (Phi) is 4.45. The number of benzene rings is 1. The molecule has 1 aliphatic heterocycles. The van der Waals surface area contributed by atoms with Gasteiger partial charge in [0.25, 0.3) is 0 Å². The van der Waals surface area contributed by atoms with E-state index in [-0.39, 0.29) is 11.5 Å². The van der Waals surface area contributed by atoms with E-state index in [0.29, 0.717) is 19.8 Å². The average molecular weight is 265 g/mol. The first-order chi connectivity index (χ1) is 9.07. The van der Waals surface area contributed by atoms with Gasteiger partial charge in [0.05, 0.1) is 18.8 Å². The van der Waals surface area contributed by atoms with Crippen molar-refractivity contribution >= 4 is 0 Å². The Hall–Kier alpha value is -1.10. The quantitative estimate of drug-likeness (QED) is 0.853. The standard InChI is InChI=1S/C15H23NO3/c1-11(2)19-13-5-3-12(4-6-13)14(17)15(9-16)7-8-18-10-15/h3-6,11,14,17H,7-10,16H2,1-2H3. The van der Waals surface area contributed by atoms with Crippen LogP contribution < -0.4 is 10.5 Å². The Morgan fingerprint density at radius 3 is 2.53 bits per heavy atom. The highest BCUT2D eigenvalue weighted by Crippen LogP contribution is 2.40. The summed E-state index contributed by atoms with van der Waals surface area (Å²) < 4.78 is 11.0. The van der Waals surface area contributed by atoms with Crippen molar-refractivity contribution < 1.29 is 14.6 Å². The smallest absolute Gasteiger partial charge is 0.119 e. The Bertz CT molecular complexity index is 396. The zero-order chi connectivity index (χ0) is 13.9. The fourth-order valence-corrected chi connectivity index (χ4v) is 2.47. The summed E-state index contributed by atoms with van der Waals surface area (Å²) in [5, 5.41) is 10.5. The molecule has 19 heavy (non-hydrogen) atoms. The molecule has 1 aromatic rings. The van der Waals surface area contributed by atoms with Gasteiger partial charge in [-0.25, -0.2) is 0 Å². The summed E-state index contributed by atoms with van der Waals surface area (Å²) in [7, 11) is 0. The SMILES string of the molecule is CC(C)Oc1ccc(C(O)C2(CN)CCOC2)cc1. The summed E-state index contributed by atoms with van der Waals surface area (Å²) in [5.74, 6) is 0.815. The summed E-state index contributed by atoms with van der Waals surface area (Å²) in [6.07, 6.45) is 0.358. The molecule has 0 aliphatic carbocycles. The van der Waals surface area contributed by atoms with Crippen LogP contribution in [0, 0.1) is 5.41 Å². The molecule has 2 rings (SSSR count). The normalized spacial score (nSPS) is 24.7. The predicted molar refractivity (Wildman–Crippen MR) is 74.1 cm³/mol. The fraction of sp³-hybridized carbons (Fsp3) is 0.600. The summed E-state index contributed by atoms with van der Waals surface area (Å²) in [6, 6.07) is 7.58. The molecule has 0 spiro atoms. The number of ether oxygens (including phenoxy) is 2. The van der Waals surface area contributed by atoms with Crippen LogP contribution in [0.3, 0.4) is 0 Å². The Labute approximate surface area is 114 Å². The molecule has 4 heteroatoms. The van der Waals surface area contributed by atoms with Crippen molar-refractivity contribution in [3.8, 4) is 5.75 Å². The van der Waals surface area contributed by atoms with Crippen molar-refractivity contribution in [2.45, 2.75) is 32.5 Å². The van der Waals surface area contributed by atoms with Crippen LogP contribution in [-0.4, -0.2) is 31.0 Å². The van der Waals surface area contributed by atoms with E-state index in [9.17, 15) is 5.11 Å². The van der Waals surface area contributed by atoms with Gasteiger partial charge in [0.1, 0.15) is 5.75 Å². The molecule has 0 radical (unpaired) electrons. The Morgan fingerprint density at radius 2 is 2.05 bits per heavy atom. The first-order valence-corrected chi connectivity index (χ1v) is 6.80. The van der Waals surface area contributed by atoms with E-state index in [2.05, 4.69) is 0 Å². The molecule has 0 amide bonds. The third-order valence-corrected chi connectivity index (χ3v) is 3.69. The lowest BCUT2D eigenvalue weighted by Gasteiger charge is -2.31. The Morgan fingerprint density at radius 1 is 1.37 bits per heavy atom. The topological polar surface area (TPSA) is 64.7 Å². The van der Waals surface area contributed by atoms with Crippen LogP contribution in [0.4, 0.5) is 0 Å². The van der Waals surface area contributed by atoms with Crippen LogP contribution in [0.15, 0.2) is 24.3 Å². The van der Waals surface area contributed by atoms with Gasteiger partial charge in [-0.2, -0.15) is 0 Å². The lowest BCUT2D eigenvalue weighted by molar-refractivity contribution is 0.0190. The number of aliphatic hydroxyl groups excluding tert-OH is 1. The second-order valence-electron chi connectivity index (χ2n) is 5.51. The molecule has 0 saturated carbocycles. The number of rotatable bonds is 5. The maximum atomic E-state index is 10.5. The van der Waals surface area contributed by atoms with Crippen molar-refractivity contribution in [3.63, 3.8) is 0 Å². The van der Waals surface area contributed by atoms with Gasteiger partial charge < -0.3 is 20.3 Å². The molecule has 1 aromatic carbocycles.